The van der Waals surface area contributed by atoms with Gasteiger partial charge in [0.05, 0.1) is 11.9 Å². The van der Waals surface area contributed by atoms with Gasteiger partial charge in [-0.25, -0.2) is 18.9 Å². The van der Waals surface area contributed by atoms with Crippen molar-refractivity contribution >= 4 is 28.0 Å². The Kier molecular flexibility index (Phi) is 5.16. The van der Waals surface area contributed by atoms with Gasteiger partial charge < -0.3 is 0 Å². The Hall–Kier alpha value is -3.98. The molecular formula is C23H17FN6OS. The SMILES string of the molecule is Cc1ccc(Cc2cnc(NC(=O)c3cnn4c(-c5cccnc5)ccnc34)s2)cc1F. The largest absolute Gasteiger partial charge is 0.298 e. The first-order valence-corrected chi connectivity index (χ1v) is 10.6. The van der Waals surface area contributed by atoms with Crippen LogP contribution in [0.15, 0.2) is 67.4 Å². The number of anilines is 1. The highest BCUT2D eigenvalue weighted by atomic mass is 32.1. The molecule has 0 spiro atoms. The molecule has 158 valence electrons. The third kappa shape index (κ3) is 3.85. The summed E-state index contributed by atoms with van der Waals surface area (Å²) in [5.74, 6) is -0.579. The molecule has 0 saturated heterocycles. The highest BCUT2D eigenvalue weighted by Crippen LogP contribution is 2.24. The lowest BCUT2D eigenvalue weighted by molar-refractivity contribution is 0.102. The van der Waals surface area contributed by atoms with Crippen molar-refractivity contribution in [2.24, 2.45) is 0 Å². The van der Waals surface area contributed by atoms with Crippen LogP contribution in [0.2, 0.25) is 0 Å². The van der Waals surface area contributed by atoms with Crippen LogP contribution in [0.3, 0.4) is 0 Å². The van der Waals surface area contributed by atoms with Crippen LogP contribution in [-0.4, -0.2) is 30.5 Å². The van der Waals surface area contributed by atoms with Gasteiger partial charge in [0.15, 0.2) is 10.8 Å². The summed E-state index contributed by atoms with van der Waals surface area (Å²) >= 11 is 1.35. The maximum atomic E-state index is 13.8. The van der Waals surface area contributed by atoms with E-state index in [-0.39, 0.29) is 11.7 Å². The average molecular weight is 444 g/mol. The second-order valence-electron chi connectivity index (χ2n) is 7.21. The molecule has 1 amide bonds. The molecule has 9 heteroatoms. The van der Waals surface area contributed by atoms with Crippen LogP contribution in [-0.2, 0) is 6.42 Å². The minimum absolute atomic E-state index is 0.230. The normalized spacial score (nSPS) is 11.1. The van der Waals surface area contributed by atoms with Crippen LogP contribution in [0.5, 0.6) is 0 Å². The molecule has 4 aromatic heterocycles. The number of carbonyl (C=O) groups is 1. The predicted octanol–water partition coefficient (Wildman–Crippen LogP) is 4.54. The number of benzene rings is 1. The first-order valence-electron chi connectivity index (χ1n) is 9.83. The molecule has 0 radical (unpaired) electrons. The Morgan fingerprint density at radius 1 is 1.12 bits per heavy atom. The molecule has 4 heterocycles. The number of fused-ring (bicyclic) bond motifs is 1. The van der Waals surface area contributed by atoms with E-state index in [2.05, 4.69) is 25.4 Å². The van der Waals surface area contributed by atoms with Crippen molar-refractivity contribution in [1.82, 2.24) is 24.6 Å². The van der Waals surface area contributed by atoms with Crippen LogP contribution in [0.25, 0.3) is 16.9 Å². The lowest BCUT2D eigenvalue weighted by Gasteiger charge is -2.04. The molecule has 0 aliphatic heterocycles. The number of pyridine rings is 1. The van der Waals surface area contributed by atoms with Crippen molar-refractivity contribution in [2.45, 2.75) is 13.3 Å². The number of hydrogen-bond donors (Lipinski definition) is 1. The standard InChI is InChI=1S/C23H17FN6OS/c1-14-4-5-15(10-19(14)24)9-17-12-27-23(32-17)29-22(31)18-13-28-30-20(6-8-26-21(18)30)16-3-2-7-25-11-16/h2-8,10-13H,9H2,1H3,(H,27,29,31). The summed E-state index contributed by atoms with van der Waals surface area (Å²) in [5.41, 5.74) is 3.89. The zero-order valence-corrected chi connectivity index (χ0v) is 17.8. The highest BCUT2D eigenvalue weighted by Gasteiger charge is 2.17. The van der Waals surface area contributed by atoms with E-state index in [1.165, 1.54) is 23.6 Å². The number of hydrogen-bond acceptors (Lipinski definition) is 6. The van der Waals surface area contributed by atoms with Gasteiger partial charge in [-0.2, -0.15) is 5.10 Å². The molecule has 0 atom stereocenters. The van der Waals surface area contributed by atoms with Gasteiger partial charge in [-0.05, 0) is 42.3 Å². The quantitative estimate of drug-likeness (QED) is 0.430. The number of nitrogens with one attached hydrogen (secondary N) is 1. The van der Waals surface area contributed by atoms with Crippen LogP contribution in [0.1, 0.15) is 26.4 Å². The van der Waals surface area contributed by atoms with Gasteiger partial charge in [0.2, 0.25) is 0 Å². The van der Waals surface area contributed by atoms with E-state index >= 15 is 0 Å². The molecule has 5 aromatic rings. The molecule has 0 aliphatic carbocycles. The third-order valence-electron chi connectivity index (χ3n) is 4.99. The fourth-order valence-electron chi connectivity index (χ4n) is 3.34. The number of halogens is 1. The molecule has 0 bridgehead atoms. The minimum Gasteiger partial charge on any atom is -0.298 e. The summed E-state index contributed by atoms with van der Waals surface area (Å²) in [4.78, 5) is 26.6. The van der Waals surface area contributed by atoms with Crippen molar-refractivity contribution in [1.29, 1.82) is 0 Å². The Bertz CT molecular complexity index is 1430. The monoisotopic (exact) mass is 444 g/mol. The Morgan fingerprint density at radius 3 is 2.84 bits per heavy atom. The zero-order chi connectivity index (χ0) is 22.1. The van der Waals surface area contributed by atoms with E-state index < -0.39 is 0 Å². The maximum absolute atomic E-state index is 13.8. The van der Waals surface area contributed by atoms with Crippen molar-refractivity contribution in [3.63, 3.8) is 0 Å². The second kappa shape index (κ2) is 8.27. The average Bonchev–Trinajstić information content (AvgIpc) is 3.43. The van der Waals surface area contributed by atoms with Gasteiger partial charge in [-0.1, -0.05) is 12.1 Å². The predicted molar refractivity (Wildman–Crippen MR) is 120 cm³/mol. The smallest absolute Gasteiger partial charge is 0.262 e. The number of aryl methyl sites for hydroxylation is 1. The minimum atomic E-state index is -0.349. The molecule has 1 N–H and O–H groups in total. The topological polar surface area (TPSA) is 85.1 Å². The zero-order valence-electron chi connectivity index (χ0n) is 17.0. The van der Waals surface area contributed by atoms with Crippen LogP contribution < -0.4 is 5.32 Å². The molecule has 0 aliphatic rings. The Labute approximate surface area is 186 Å². The summed E-state index contributed by atoms with van der Waals surface area (Å²) in [5, 5.41) is 7.62. The van der Waals surface area contributed by atoms with Crippen molar-refractivity contribution in [2.75, 3.05) is 5.32 Å². The molecule has 0 saturated carbocycles. The number of nitrogens with zero attached hydrogens (tertiary/aromatic N) is 5. The second-order valence-corrected chi connectivity index (χ2v) is 8.33. The number of amides is 1. The highest BCUT2D eigenvalue weighted by molar-refractivity contribution is 7.15. The summed E-state index contributed by atoms with van der Waals surface area (Å²) in [6.45, 7) is 1.73. The van der Waals surface area contributed by atoms with E-state index in [0.29, 0.717) is 28.3 Å². The van der Waals surface area contributed by atoms with Crippen molar-refractivity contribution in [3.05, 3.63) is 94.8 Å². The molecule has 7 nitrogen and oxygen atoms in total. The molecule has 5 rings (SSSR count). The van der Waals surface area contributed by atoms with E-state index in [4.69, 9.17) is 0 Å². The van der Waals surface area contributed by atoms with Crippen LogP contribution in [0, 0.1) is 12.7 Å². The Balaban J connectivity index is 1.36. The van der Waals surface area contributed by atoms with Gasteiger partial charge in [0.25, 0.3) is 5.91 Å². The molecule has 1 aromatic carbocycles. The fourth-order valence-corrected chi connectivity index (χ4v) is 4.19. The van der Waals surface area contributed by atoms with Gasteiger partial charge in [-0.15, -0.1) is 11.3 Å². The van der Waals surface area contributed by atoms with Crippen LogP contribution in [0.4, 0.5) is 9.52 Å². The lowest BCUT2D eigenvalue weighted by Crippen LogP contribution is -2.11. The van der Waals surface area contributed by atoms with E-state index in [1.807, 2.05) is 24.3 Å². The number of carbonyl (C=O) groups excluding carboxylic acids is 1. The summed E-state index contributed by atoms with van der Waals surface area (Å²) in [6.07, 6.45) is 8.78. The Morgan fingerprint density at radius 2 is 2.03 bits per heavy atom. The van der Waals surface area contributed by atoms with Gasteiger partial charge in [-0.3, -0.25) is 15.1 Å². The van der Waals surface area contributed by atoms with Gasteiger partial charge >= 0.3 is 0 Å². The molecule has 0 unspecified atom stereocenters. The number of aromatic nitrogens is 5. The third-order valence-corrected chi connectivity index (χ3v) is 5.90. The molecule has 0 fully saturated rings. The van der Waals surface area contributed by atoms with Gasteiger partial charge in [0, 0.05) is 41.6 Å². The van der Waals surface area contributed by atoms with Crippen LogP contribution >= 0.6 is 11.3 Å². The van der Waals surface area contributed by atoms with E-state index in [9.17, 15) is 9.18 Å². The van der Waals surface area contributed by atoms with E-state index in [1.54, 1.807) is 42.3 Å². The van der Waals surface area contributed by atoms with E-state index in [0.717, 1.165) is 21.7 Å². The summed E-state index contributed by atoms with van der Waals surface area (Å²) in [7, 11) is 0. The van der Waals surface area contributed by atoms with Crippen molar-refractivity contribution in [3.8, 4) is 11.3 Å². The molecular weight excluding hydrogens is 427 g/mol. The maximum Gasteiger partial charge on any atom is 0.262 e. The first kappa shape index (κ1) is 20.0. The summed E-state index contributed by atoms with van der Waals surface area (Å²) < 4.78 is 15.4. The van der Waals surface area contributed by atoms with Crippen molar-refractivity contribution < 1.29 is 9.18 Å². The lowest BCUT2D eigenvalue weighted by atomic mass is 10.1. The molecule has 32 heavy (non-hydrogen) atoms. The first-order chi connectivity index (χ1) is 15.6. The number of rotatable bonds is 5. The fraction of sp³-hybridized carbons (Fsp3) is 0.0870. The number of thiazole rings is 1. The summed E-state index contributed by atoms with van der Waals surface area (Å²) in [6, 6.07) is 10.7. The van der Waals surface area contributed by atoms with Gasteiger partial charge in [0.1, 0.15) is 11.4 Å².